The molecular weight excluding hydrogens is 311 g/mol. The molecule has 0 radical (unpaired) electrons. The van der Waals surface area contributed by atoms with Crippen LogP contribution in [0.2, 0.25) is 10.0 Å². The molecule has 1 aromatic carbocycles. The molecule has 4 nitrogen and oxygen atoms in total. The summed E-state index contributed by atoms with van der Waals surface area (Å²) in [5.41, 5.74) is 1.22. The quantitative estimate of drug-likeness (QED) is 0.936. The average Bonchev–Trinajstić information content (AvgIpc) is 2.44. The van der Waals surface area contributed by atoms with Crippen LogP contribution in [0.15, 0.2) is 41.3 Å². The minimum Gasteiger partial charge on any atom is -0.324 e. The number of halogens is 2. The molecule has 0 aliphatic carbocycles. The highest BCUT2D eigenvalue weighted by Crippen LogP contribution is 2.21. The van der Waals surface area contributed by atoms with E-state index in [4.69, 9.17) is 23.2 Å². The molecule has 6 heteroatoms. The fourth-order valence-electron chi connectivity index (χ4n) is 1.82. The first-order valence-electron chi connectivity index (χ1n) is 6.33. The zero-order valence-electron chi connectivity index (χ0n) is 11.6. The third-order valence-corrected chi connectivity index (χ3v) is 3.77. The maximum Gasteiger partial charge on any atom is 0.251 e. The van der Waals surface area contributed by atoms with Crippen molar-refractivity contribution in [3.63, 3.8) is 0 Å². The smallest absolute Gasteiger partial charge is 0.251 e. The molecule has 1 amide bonds. The Balaban J connectivity index is 2.21. The number of carbonyl (C=O) groups excluding carboxylic acids is 1. The van der Waals surface area contributed by atoms with Crippen molar-refractivity contribution in [3.8, 4) is 0 Å². The molecule has 0 saturated carbocycles. The molecule has 0 saturated heterocycles. The number of rotatable bonds is 3. The van der Waals surface area contributed by atoms with Crippen molar-refractivity contribution in [1.29, 1.82) is 0 Å². The molecule has 0 spiro atoms. The lowest BCUT2D eigenvalue weighted by atomic mass is 10.2. The van der Waals surface area contributed by atoms with Gasteiger partial charge in [0.1, 0.15) is 6.04 Å². The van der Waals surface area contributed by atoms with E-state index in [9.17, 15) is 9.59 Å². The molecule has 1 unspecified atom stereocenters. The molecule has 1 N–H and O–H groups in total. The van der Waals surface area contributed by atoms with E-state index < -0.39 is 6.04 Å². The van der Waals surface area contributed by atoms with Crippen LogP contribution in [-0.4, -0.2) is 10.5 Å². The molecule has 1 aromatic heterocycles. The van der Waals surface area contributed by atoms with Crippen molar-refractivity contribution in [2.75, 3.05) is 5.32 Å². The third kappa shape index (κ3) is 3.65. The van der Waals surface area contributed by atoms with E-state index in [2.05, 4.69) is 5.32 Å². The molecule has 0 bridgehead atoms. The topological polar surface area (TPSA) is 51.1 Å². The Morgan fingerprint density at radius 1 is 1.24 bits per heavy atom. The average molecular weight is 325 g/mol. The lowest BCUT2D eigenvalue weighted by molar-refractivity contribution is -0.118. The number of nitrogens with zero attached hydrogens (tertiary/aromatic N) is 1. The number of hydrogen-bond acceptors (Lipinski definition) is 2. The molecule has 0 fully saturated rings. The van der Waals surface area contributed by atoms with E-state index in [1.54, 1.807) is 19.1 Å². The van der Waals surface area contributed by atoms with Gasteiger partial charge in [0.15, 0.2) is 0 Å². The second-order valence-corrected chi connectivity index (χ2v) is 5.57. The maximum atomic E-state index is 12.2. The number of benzene rings is 1. The molecule has 110 valence electrons. The number of hydrogen-bond donors (Lipinski definition) is 1. The van der Waals surface area contributed by atoms with Crippen LogP contribution in [0.5, 0.6) is 0 Å². The fraction of sp³-hybridized carbons (Fsp3) is 0.200. The molecule has 1 atom stereocenters. The van der Waals surface area contributed by atoms with Crippen LogP contribution < -0.4 is 10.9 Å². The Kier molecular flexibility index (Phi) is 4.70. The van der Waals surface area contributed by atoms with Crippen LogP contribution in [0.25, 0.3) is 0 Å². The van der Waals surface area contributed by atoms with Crippen LogP contribution in [0.1, 0.15) is 18.5 Å². The normalized spacial score (nSPS) is 12.0. The molecule has 0 aliphatic heterocycles. The molecule has 0 aliphatic rings. The Bertz CT molecular complexity index is 741. The van der Waals surface area contributed by atoms with Crippen molar-refractivity contribution in [2.45, 2.75) is 19.9 Å². The summed E-state index contributed by atoms with van der Waals surface area (Å²) in [6.45, 7) is 3.50. The van der Waals surface area contributed by atoms with E-state index in [1.165, 1.54) is 22.9 Å². The SMILES string of the molecule is Cc1ccc(NC(=O)C(C)n2cc(Cl)ccc2=O)cc1Cl. The number of aryl methyl sites for hydroxylation is 1. The van der Waals surface area contributed by atoms with Crippen molar-refractivity contribution in [2.24, 2.45) is 0 Å². The third-order valence-electron chi connectivity index (χ3n) is 3.14. The number of pyridine rings is 1. The molecule has 2 aromatic rings. The van der Waals surface area contributed by atoms with E-state index in [1.807, 2.05) is 13.0 Å². The van der Waals surface area contributed by atoms with Gasteiger partial charge in [-0.05, 0) is 37.6 Å². The standard InChI is InChI=1S/C15H14Cl2N2O2/c1-9-3-5-12(7-13(9)17)18-15(21)10(2)19-8-11(16)4-6-14(19)20/h3-8,10H,1-2H3,(H,18,21). The lowest BCUT2D eigenvalue weighted by Crippen LogP contribution is -2.30. The number of nitrogens with one attached hydrogen (secondary N) is 1. The number of carbonyl (C=O) groups is 1. The molecule has 1 heterocycles. The number of anilines is 1. The lowest BCUT2D eigenvalue weighted by Gasteiger charge is -2.15. The summed E-state index contributed by atoms with van der Waals surface area (Å²) >= 11 is 11.9. The predicted molar refractivity (Wildman–Crippen MR) is 85.2 cm³/mol. The summed E-state index contributed by atoms with van der Waals surface area (Å²) in [7, 11) is 0. The van der Waals surface area contributed by atoms with Crippen molar-refractivity contribution in [3.05, 3.63) is 62.5 Å². The molecule has 21 heavy (non-hydrogen) atoms. The van der Waals surface area contributed by atoms with Gasteiger partial charge in [-0.15, -0.1) is 0 Å². The summed E-state index contributed by atoms with van der Waals surface area (Å²) in [6, 6.07) is 7.37. The second-order valence-electron chi connectivity index (χ2n) is 4.72. The largest absolute Gasteiger partial charge is 0.324 e. The number of amides is 1. The summed E-state index contributed by atoms with van der Waals surface area (Å²) in [5, 5.41) is 3.69. The van der Waals surface area contributed by atoms with Gasteiger partial charge in [-0.2, -0.15) is 0 Å². The van der Waals surface area contributed by atoms with Gasteiger partial charge in [-0.25, -0.2) is 0 Å². The van der Waals surface area contributed by atoms with Crippen molar-refractivity contribution in [1.82, 2.24) is 4.57 Å². The van der Waals surface area contributed by atoms with Gasteiger partial charge < -0.3 is 9.88 Å². The highest BCUT2D eigenvalue weighted by Gasteiger charge is 2.16. The molecule has 2 rings (SSSR count). The van der Waals surface area contributed by atoms with Crippen LogP contribution in [-0.2, 0) is 4.79 Å². The Morgan fingerprint density at radius 2 is 1.95 bits per heavy atom. The first kappa shape index (κ1) is 15.6. The summed E-state index contributed by atoms with van der Waals surface area (Å²) in [4.78, 5) is 24.0. The monoisotopic (exact) mass is 324 g/mol. The van der Waals surface area contributed by atoms with Gasteiger partial charge in [0.25, 0.3) is 5.56 Å². The summed E-state index contributed by atoms with van der Waals surface area (Å²) < 4.78 is 1.29. The zero-order valence-corrected chi connectivity index (χ0v) is 13.1. The minimum atomic E-state index is -0.684. The maximum absolute atomic E-state index is 12.2. The zero-order chi connectivity index (χ0) is 15.6. The summed E-state index contributed by atoms with van der Waals surface area (Å²) in [5.74, 6) is -0.320. The highest BCUT2D eigenvalue weighted by molar-refractivity contribution is 6.31. The Labute approximate surface area is 132 Å². The first-order valence-corrected chi connectivity index (χ1v) is 7.09. The van der Waals surface area contributed by atoms with Crippen LogP contribution >= 0.6 is 23.2 Å². The van der Waals surface area contributed by atoms with E-state index in [0.29, 0.717) is 15.7 Å². The second kappa shape index (κ2) is 6.33. The fourth-order valence-corrected chi connectivity index (χ4v) is 2.17. The van der Waals surface area contributed by atoms with Crippen molar-refractivity contribution < 1.29 is 4.79 Å². The minimum absolute atomic E-state index is 0.288. The Morgan fingerprint density at radius 3 is 2.62 bits per heavy atom. The summed E-state index contributed by atoms with van der Waals surface area (Å²) in [6.07, 6.45) is 1.44. The van der Waals surface area contributed by atoms with Crippen LogP contribution in [0, 0.1) is 6.92 Å². The Hall–Kier alpha value is -1.78. The van der Waals surface area contributed by atoms with E-state index in [-0.39, 0.29) is 11.5 Å². The van der Waals surface area contributed by atoms with Gasteiger partial charge in [0.05, 0.1) is 5.02 Å². The van der Waals surface area contributed by atoms with Gasteiger partial charge in [0.2, 0.25) is 5.91 Å². The predicted octanol–water partition coefficient (Wildman–Crippen LogP) is 3.66. The van der Waals surface area contributed by atoms with Crippen LogP contribution in [0.3, 0.4) is 0 Å². The first-order chi connectivity index (χ1) is 9.88. The van der Waals surface area contributed by atoms with Gasteiger partial charge >= 0.3 is 0 Å². The van der Waals surface area contributed by atoms with E-state index >= 15 is 0 Å². The molecular formula is C15H14Cl2N2O2. The van der Waals surface area contributed by atoms with Crippen molar-refractivity contribution >= 4 is 34.8 Å². The van der Waals surface area contributed by atoms with Gasteiger partial charge in [0, 0.05) is 23.0 Å². The van der Waals surface area contributed by atoms with Gasteiger partial charge in [-0.1, -0.05) is 29.3 Å². The van der Waals surface area contributed by atoms with E-state index in [0.717, 1.165) is 5.56 Å². The van der Waals surface area contributed by atoms with Gasteiger partial charge in [-0.3, -0.25) is 9.59 Å². The van der Waals surface area contributed by atoms with Crippen LogP contribution in [0.4, 0.5) is 5.69 Å². The number of aromatic nitrogens is 1. The highest BCUT2D eigenvalue weighted by atomic mass is 35.5.